The van der Waals surface area contributed by atoms with Crippen molar-refractivity contribution in [1.82, 2.24) is 10.7 Å². The van der Waals surface area contributed by atoms with Crippen LogP contribution in [-0.2, 0) is 9.59 Å². The number of carbonyl (C=O) groups is 2. The maximum absolute atomic E-state index is 12.2. The van der Waals surface area contributed by atoms with Crippen molar-refractivity contribution in [2.75, 3.05) is 13.1 Å². The third-order valence-corrected chi connectivity index (χ3v) is 3.76. The Morgan fingerprint density at radius 3 is 2.80 bits per heavy atom. The van der Waals surface area contributed by atoms with Crippen molar-refractivity contribution in [2.45, 2.75) is 37.8 Å². The van der Waals surface area contributed by atoms with Crippen LogP contribution in [0.4, 0.5) is 0 Å². The topological polar surface area (TPSA) is 214 Å². The van der Waals surface area contributed by atoms with E-state index in [-0.39, 0.29) is 30.8 Å². The Kier molecular flexibility index (Phi) is 8.09. The summed E-state index contributed by atoms with van der Waals surface area (Å²) in [5.41, 5.74) is 20.7. The molecule has 1 heterocycles. The van der Waals surface area contributed by atoms with Crippen molar-refractivity contribution < 1.29 is 14.6 Å². The van der Waals surface area contributed by atoms with Gasteiger partial charge in [0.25, 0.3) is 5.96 Å². The molecule has 13 nitrogen and oxygen atoms in total. The van der Waals surface area contributed by atoms with Crippen LogP contribution in [-0.4, -0.2) is 47.9 Å². The summed E-state index contributed by atoms with van der Waals surface area (Å²) in [4.78, 5) is 40.3. The van der Waals surface area contributed by atoms with E-state index in [2.05, 4.69) is 20.3 Å². The highest BCUT2D eigenvalue weighted by molar-refractivity contribution is 5.89. The number of hydrogen-bond acceptors (Lipinski definition) is 7. The number of aliphatic imine (C=N–C) groups is 1. The Balaban J connectivity index is 2.44. The molecule has 0 aliphatic carbocycles. The molecule has 0 saturated carbocycles. The van der Waals surface area contributed by atoms with E-state index in [1.54, 1.807) is 5.43 Å². The van der Waals surface area contributed by atoms with Crippen molar-refractivity contribution in [2.24, 2.45) is 27.5 Å². The highest BCUT2D eigenvalue weighted by Gasteiger charge is 2.31. The molecule has 1 aliphatic heterocycles. The number of carbonyl (C=O) groups excluding carboxylic acids is 2. The molecule has 1 saturated heterocycles. The monoisotopic (exact) mass is 355 g/mol. The minimum atomic E-state index is -0.831. The number of primary amides is 1. The van der Waals surface area contributed by atoms with Crippen LogP contribution >= 0.6 is 0 Å². The van der Waals surface area contributed by atoms with E-state index in [0.29, 0.717) is 25.8 Å². The molecule has 13 heteroatoms. The zero-order valence-corrected chi connectivity index (χ0v) is 13.5. The number of nitro groups is 1. The zero-order chi connectivity index (χ0) is 18.8. The normalized spacial score (nSPS) is 21.2. The van der Waals surface area contributed by atoms with Crippen LogP contribution in [0.1, 0.15) is 25.7 Å². The molecule has 0 bridgehead atoms. The van der Waals surface area contributed by atoms with Gasteiger partial charge in [-0.25, -0.2) is 15.1 Å². The molecular weight excluding hydrogens is 334 g/mol. The van der Waals surface area contributed by atoms with Crippen LogP contribution in [0.3, 0.4) is 0 Å². The summed E-state index contributed by atoms with van der Waals surface area (Å²) < 4.78 is 0. The molecule has 0 aromatic heterocycles. The molecular formula is C12H21N9O4. The molecule has 0 unspecified atom stereocenters. The first kappa shape index (κ1) is 20.1. The van der Waals surface area contributed by atoms with Crippen molar-refractivity contribution in [3.05, 3.63) is 20.6 Å². The first-order valence-electron chi connectivity index (χ1n) is 7.64. The summed E-state index contributed by atoms with van der Waals surface area (Å²) in [6.45, 7) is 0.574. The summed E-state index contributed by atoms with van der Waals surface area (Å²) >= 11 is 0. The summed E-state index contributed by atoms with van der Waals surface area (Å²) in [7, 11) is 0. The Labute approximate surface area is 143 Å². The molecule has 138 valence electrons. The second kappa shape index (κ2) is 10.1. The van der Waals surface area contributed by atoms with E-state index >= 15 is 0 Å². The SMILES string of the molecule is [N-]=[N+]=N[C@@H]1CN[C@@H](C(=O)C[C@@H](CCCN=C(N)N[N+](=O)[O-])C(N)=O)C1. The van der Waals surface area contributed by atoms with Gasteiger partial charge in [0.15, 0.2) is 10.8 Å². The predicted octanol–water partition coefficient (Wildman–Crippen LogP) is -1.04. The van der Waals surface area contributed by atoms with E-state index < -0.39 is 22.9 Å². The first-order chi connectivity index (χ1) is 11.8. The fourth-order valence-electron chi connectivity index (χ4n) is 2.52. The van der Waals surface area contributed by atoms with Crippen LogP contribution in [0, 0.1) is 16.0 Å². The molecule has 3 atom stereocenters. The van der Waals surface area contributed by atoms with E-state index in [4.69, 9.17) is 17.0 Å². The number of guanidine groups is 1. The van der Waals surface area contributed by atoms with Crippen LogP contribution in [0.5, 0.6) is 0 Å². The Morgan fingerprint density at radius 1 is 1.48 bits per heavy atom. The number of azide groups is 1. The maximum atomic E-state index is 12.2. The van der Waals surface area contributed by atoms with Gasteiger partial charge >= 0.3 is 0 Å². The first-order valence-corrected chi connectivity index (χ1v) is 7.64. The number of rotatable bonds is 10. The standard InChI is InChI=1S/C12H21N9O4/c13-11(23)7(2-1-3-16-12(14)19-21(24)25)4-10(22)9-5-8(6-17-9)18-20-15/h7-9,17H,1-6H2,(H2,13,23)(H3,14,16,19)/t7-,8+,9-/m1/s1. The summed E-state index contributed by atoms with van der Waals surface area (Å²) in [6.07, 6.45) is 1.06. The lowest BCUT2D eigenvalue weighted by Gasteiger charge is -2.15. The van der Waals surface area contributed by atoms with Gasteiger partial charge in [-0.15, -0.1) is 0 Å². The van der Waals surface area contributed by atoms with Gasteiger partial charge in [0, 0.05) is 30.3 Å². The molecule has 1 aliphatic rings. The van der Waals surface area contributed by atoms with Crippen molar-refractivity contribution in [3.63, 3.8) is 0 Å². The second-order valence-corrected chi connectivity index (χ2v) is 5.60. The molecule has 1 fully saturated rings. The van der Waals surface area contributed by atoms with Crippen molar-refractivity contribution >= 4 is 17.6 Å². The Hall–Kier alpha value is -2.92. The molecule has 6 N–H and O–H groups in total. The Bertz CT molecular complexity index is 587. The smallest absolute Gasteiger partial charge is 0.251 e. The minimum Gasteiger partial charge on any atom is -0.369 e. The van der Waals surface area contributed by atoms with Gasteiger partial charge < -0.3 is 16.8 Å². The fraction of sp³-hybridized carbons (Fsp3) is 0.750. The van der Waals surface area contributed by atoms with Gasteiger partial charge in [-0.2, -0.15) is 0 Å². The minimum absolute atomic E-state index is 0.0255. The highest BCUT2D eigenvalue weighted by Crippen LogP contribution is 2.18. The van der Waals surface area contributed by atoms with E-state index in [1.165, 1.54) is 0 Å². The molecule has 0 aromatic rings. The second-order valence-electron chi connectivity index (χ2n) is 5.60. The van der Waals surface area contributed by atoms with Crippen molar-refractivity contribution in [3.8, 4) is 0 Å². The molecule has 25 heavy (non-hydrogen) atoms. The van der Waals surface area contributed by atoms with Gasteiger partial charge in [-0.1, -0.05) is 10.5 Å². The van der Waals surface area contributed by atoms with Crippen LogP contribution < -0.4 is 22.2 Å². The summed E-state index contributed by atoms with van der Waals surface area (Å²) in [5.74, 6) is -1.76. The average Bonchev–Trinajstić information content (AvgIpc) is 2.98. The third kappa shape index (κ3) is 7.46. The van der Waals surface area contributed by atoms with Gasteiger partial charge in [0.1, 0.15) is 0 Å². The molecule has 1 rings (SSSR count). The zero-order valence-electron chi connectivity index (χ0n) is 13.5. The van der Waals surface area contributed by atoms with Crippen LogP contribution in [0.25, 0.3) is 10.4 Å². The number of hydrogen-bond donors (Lipinski definition) is 4. The molecule has 0 spiro atoms. The van der Waals surface area contributed by atoms with Gasteiger partial charge in [0.05, 0.1) is 12.1 Å². The maximum Gasteiger partial charge on any atom is 0.251 e. The third-order valence-electron chi connectivity index (χ3n) is 3.76. The lowest BCUT2D eigenvalue weighted by molar-refractivity contribution is -0.525. The van der Waals surface area contributed by atoms with Gasteiger partial charge in [-0.3, -0.25) is 9.59 Å². The van der Waals surface area contributed by atoms with E-state index in [0.717, 1.165) is 0 Å². The van der Waals surface area contributed by atoms with E-state index in [9.17, 15) is 19.7 Å². The number of nitrogens with two attached hydrogens (primary N) is 2. The molecule has 0 radical (unpaired) electrons. The lowest BCUT2D eigenvalue weighted by atomic mass is 9.93. The number of nitrogens with zero attached hydrogens (tertiary/aromatic N) is 5. The molecule has 0 aromatic carbocycles. The number of Topliss-reactive ketones (excluding diaryl/α,β-unsaturated/α-hetero) is 1. The average molecular weight is 355 g/mol. The number of hydrazine groups is 1. The number of ketones is 1. The quantitative estimate of drug-likeness (QED) is 0.0557. The number of nitrogens with one attached hydrogen (secondary N) is 2. The predicted molar refractivity (Wildman–Crippen MR) is 87.5 cm³/mol. The fourth-order valence-corrected chi connectivity index (χ4v) is 2.52. The largest absolute Gasteiger partial charge is 0.369 e. The van der Waals surface area contributed by atoms with Gasteiger partial charge in [0.2, 0.25) is 5.91 Å². The lowest BCUT2D eigenvalue weighted by Crippen LogP contribution is -2.36. The summed E-state index contributed by atoms with van der Waals surface area (Å²) in [6, 6.07) is -0.743. The highest BCUT2D eigenvalue weighted by atomic mass is 16.7. The molecule has 1 amide bonds. The van der Waals surface area contributed by atoms with Gasteiger partial charge in [-0.05, 0) is 24.8 Å². The van der Waals surface area contributed by atoms with Crippen LogP contribution in [0.2, 0.25) is 0 Å². The van der Waals surface area contributed by atoms with Crippen LogP contribution in [0.15, 0.2) is 10.1 Å². The Morgan fingerprint density at radius 2 is 2.20 bits per heavy atom. The summed E-state index contributed by atoms with van der Waals surface area (Å²) in [5, 5.41) is 15.8. The van der Waals surface area contributed by atoms with E-state index in [1.807, 2.05) is 0 Å². The number of amides is 1. The van der Waals surface area contributed by atoms with Crippen molar-refractivity contribution in [1.29, 1.82) is 0 Å².